The largest absolute Gasteiger partial charge is 0.309 e. The maximum absolute atomic E-state index is 5.06. The minimum absolute atomic E-state index is 0.663. The van der Waals surface area contributed by atoms with E-state index in [-0.39, 0.29) is 0 Å². The van der Waals surface area contributed by atoms with Gasteiger partial charge in [0.1, 0.15) is 0 Å². The Morgan fingerprint density at radius 3 is 1.61 bits per heavy atom. The molecule has 0 aliphatic heterocycles. The fraction of sp³-hybridized carbons (Fsp3) is 0. The van der Waals surface area contributed by atoms with Crippen molar-refractivity contribution in [3.63, 3.8) is 0 Å². The number of benzene rings is 8. The molecule has 4 nitrogen and oxygen atoms in total. The van der Waals surface area contributed by atoms with Gasteiger partial charge < -0.3 is 4.57 Å². The van der Waals surface area contributed by atoms with Gasteiger partial charge in [-0.05, 0) is 70.8 Å². The third kappa shape index (κ3) is 5.48. The molecule has 8 aromatic carbocycles. The highest BCUT2D eigenvalue weighted by Crippen LogP contribution is 2.42. The molecule has 3 aromatic heterocycles. The van der Waals surface area contributed by atoms with Crippen LogP contribution in [-0.4, -0.2) is 19.5 Å². The van der Waals surface area contributed by atoms with E-state index in [0.29, 0.717) is 17.5 Å². The van der Waals surface area contributed by atoms with E-state index in [1.165, 1.54) is 69.9 Å². The van der Waals surface area contributed by atoms with Gasteiger partial charge in [-0.3, -0.25) is 0 Å². The summed E-state index contributed by atoms with van der Waals surface area (Å²) in [5.41, 5.74) is 11.3. The summed E-state index contributed by atoms with van der Waals surface area (Å²) in [5.74, 6) is 2.00. The van der Waals surface area contributed by atoms with E-state index in [1.807, 2.05) is 60.7 Å². The number of thiophene rings is 1. The summed E-state index contributed by atoms with van der Waals surface area (Å²) in [6, 6.07) is 68.7. The van der Waals surface area contributed by atoms with E-state index in [0.717, 1.165) is 16.7 Å². The zero-order valence-electron chi connectivity index (χ0n) is 30.2. The number of aromatic nitrogens is 4. The van der Waals surface area contributed by atoms with Crippen molar-refractivity contribution in [3.05, 3.63) is 194 Å². The molecule has 0 radical (unpaired) electrons. The normalized spacial score (nSPS) is 11.6. The molecule has 0 N–H and O–H groups in total. The molecule has 11 aromatic rings. The topological polar surface area (TPSA) is 43.6 Å². The van der Waals surface area contributed by atoms with Crippen LogP contribution in [0.4, 0.5) is 0 Å². The van der Waals surface area contributed by atoms with Crippen molar-refractivity contribution >= 4 is 53.3 Å². The second-order valence-corrected chi connectivity index (χ2v) is 15.1. The first-order chi connectivity index (χ1) is 27.7. The zero-order valence-corrected chi connectivity index (χ0v) is 31.0. The van der Waals surface area contributed by atoms with Crippen molar-refractivity contribution < 1.29 is 0 Å². The lowest BCUT2D eigenvalue weighted by Gasteiger charge is -2.09. The van der Waals surface area contributed by atoms with Gasteiger partial charge in [0.15, 0.2) is 17.5 Å². The maximum atomic E-state index is 5.06. The summed E-state index contributed by atoms with van der Waals surface area (Å²) in [7, 11) is 0. The molecule has 5 heteroatoms. The highest BCUT2D eigenvalue weighted by molar-refractivity contribution is 7.26. The average molecular weight is 733 g/mol. The van der Waals surface area contributed by atoms with Gasteiger partial charge in [0, 0.05) is 53.3 Å². The van der Waals surface area contributed by atoms with Crippen molar-refractivity contribution in [1.29, 1.82) is 0 Å². The van der Waals surface area contributed by atoms with Crippen LogP contribution < -0.4 is 0 Å². The molecule has 0 aliphatic carbocycles. The fourth-order valence-corrected chi connectivity index (χ4v) is 9.22. The average Bonchev–Trinajstić information content (AvgIpc) is 3.82. The van der Waals surface area contributed by atoms with Crippen molar-refractivity contribution in [3.8, 4) is 62.1 Å². The Labute approximate surface area is 327 Å². The number of fused-ring (bicyclic) bond motifs is 6. The Bertz CT molecular complexity index is 3180. The van der Waals surface area contributed by atoms with Crippen LogP contribution in [0.1, 0.15) is 0 Å². The van der Waals surface area contributed by atoms with Crippen LogP contribution in [0.15, 0.2) is 194 Å². The van der Waals surface area contributed by atoms with Crippen LogP contribution in [-0.2, 0) is 0 Å². The quantitative estimate of drug-likeness (QED) is 0.171. The summed E-state index contributed by atoms with van der Waals surface area (Å²) in [6.07, 6.45) is 0. The first-order valence-electron chi connectivity index (χ1n) is 18.8. The molecular formula is C51H32N4S. The predicted octanol–water partition coefficient (Wildman–Crippen LogP) is 13.7. The van der Waals surface area contributed by atoms with Crippen molar-refractivity contribution in [2.75, 3.05) is 0 Å². The molecule has 11 rings (SSSR count). The van der Waals surface area contributed by atoms with Crippen LogP contribution in [0.5, 0.6) is 0 Å². The Balaban J connectivity index is 0.999. The number of para-hydroxylation sites is 2. The highest BCUT2D eigenvalue weighted by Gasteiger charge is 2.18. The highest BCUT2D eigenvalue weighted by atomic mass is 32.1. The van der Waals surface area contributed by atoms with Gasteiger partial charge in [0.05, 0.1) is 11.0 Å². The van der Waals surface area contributed by atoms with E-state index in [2.05, 4.69) is 138 Å². The summed E-state index contributed by atoms with van der Waals surface area (Å²) >= 11 is 1.80. The van der Waals surface area contributed by atoms with Gasteiger partial charge in [-0.1, -0.05) is 146 Å². The smallest absolute Gasteiger partial charge is 0.165 e. The molecule has 262 valence electrons. The minimum Gasteiger partial charge on any atom is -0.309 e. The van der Waals surface area contributed by atoms with E-state index in [9.17, 15) is 0 Å². The number of hydrogen-bond donors (Lipinski definition) is 0. The number of rotatable bonds is 6. The fourth-order valence-electron chi connectivity index (χ4n) is 7.97. The van der Waals surface area contributed by atoms with Crippen LogP contribution in [0.3, 0.4) is 0 Å². The third-order valence-corrected chi connectivity index (χ3v) is 11.9. The standard InChI is InChI=1S/C51H32N4S/c1-4-14-33(15-5-1)49-52-50(34-16-6-2-7-17-34)54-51(53-49)43-24-13-23-42-41-28-26-38(32-47(41)56-48(42)43)36-19-12-18-35(30-36)37-27-29-46-44(31-37)40-22-10-11-25-45(40)55(46)39-20-8-3-9-21-39/h1-32H. The molecule has 0 saturated heterocycles. The minimum atomic E-state index is 0.663. The summed E-state index contributed by atoms with van der Waals surface area (Å²) < 4.78 is 4.76. The van der Waals surface area contributed by atoms with Gasteiger partial charge in [-0.15, -0.1) is 11.3 Å². The van der Waals surface area contributed by atoms with Gasteiger partial charge in [0.2, 0.25) is 0 Å². The van der Waals surface area contributed by atoms with Crippen molar-refractivity contribution in [2.45, 2.75) is 0 Å². The Morgan fingerprint density at radius 1 is 0.339 bits per heavy atom. The molecule has 0 amide bonds. The van der Waals surface area contributed by atoms with Gasteiger partial charge >= 0.3 is 0 Å². The van der Waals surface area contributed by atoms with E-state index in [4.69, 9.17) is 15.0 Å². The second kappa shape index (κ2) is 13.3. The van der Waals surface area contributed by atoms with Crippen LogP contribution in [0, 0.1) is 0 Å². The number of nitrogens with zero attached hydrogens (tertiary/aromatic N) is 4. The maximum Gasteiger partial charge on any atom is 0.165 e. The molecule has 0 atom stereocenters. The lowest BCUT2D eigenvalue weighted by Crippen LogP contribution is -2.00. The molecule has 0 unspecified atom stereocenters. The van der Waals surface area contributed by atoms with Crippen LogP contribution >= 0.6 is 11.3 Å². The van der Waals surface area contributed by atoms with E-state index >= 15 is 0 Å². The molecule has 3 heterocycles. The lowest BCUT2D eigenvalue weighted by molar-refractivity contribution is 1.08. The zero-order chi connectivity index (χ0) is 37.0. The van der Waals surface area contributed by atoms with Crippen LogP contribution in [0.2, 0.25) is 0 Å². The van der Waals surface area contributed by atoms with Gasteiger partial charge in [-0.2, -0.15) is 0 Å². The van der Waals surface area contributed by atoms with Crippen LogP contribution in [0.25, 0.3) is 104 Å². The lowest BCUT2D eigenvalue weighted by atomic mass is 9.97. The molecule has 0 fully saturated rings. The first kappa shape index (κ1) is 32.2. The summed E-state index contributed by atoms with van der Waals surface area (Å²) in [5, 5.41) is 4.94. The van der Waals surface area contributed by atoms with Crippen molar-refractivity contribution in [2.24, 2.45) is 0 Å². The molecular weight excluding hydrogens is 701 g/mol. The van der Waals surface area contributed by atoms with Crippen molar-refractivity contribution in [1.82, 2.24) is 19.5 Å². The van der Waals surface area contributed by atoms with E-state index < -0.39 is 0 Å². The first-order valence-corrected chi connectivity index (χ1v) is 19.6. The predicted molar refractivity (Wildman–Crippen MR) is 234 cm³/mol. The van der Waals surface area contributed by atoms with Gasteiger partial charge in [-0.25, -0.2) is 15.0 Å². The molecule has 56 heavy (non-hydrogen) atoms. The monoisotopic (exact) mass is 732 g/mol. The molecule has 0 saturated carbocycles. The summed E-state index contributed by atoms with van der Waals surface area (Å²) in [6.45, 7) is 0. The van der Waals surface area contributed by atoms with Gasteiger partial charge in [0.25, 0.3) is 0 Å². The molecule has 0 spiro atoms. The third-order valence-electron chi connectivity index (χ3n) is 10.7. The number of hydrogen-bond acceptors (Lipinski definition) is 4. The Hall–Kier alpha value is -7.21. The SMILES string of the molecule is c1ccc(-c2nc(-c3ccccc3)nc(-c3cccc4c3sc3cc(-c5cccc(-c6ccc7c(c6)c6ccccc6n7-c6ccccc6)c5)ccc34)n2)cc1. The summed E-state index contributed by atoms with van der Waals surface area (Å²) in [4.78, 5) is 15.0. The Morgan fingerprint density at radius 2 is 0.875 bits per heavy atom. The Kier molecular flexibility index (Phi) is 7.64. The molecule has 0 bridgehead atoms. The second-order valence-electron chi connectivity index (χ2n) is 14.0. The molecule has 0 aliphatic rings. The van der Waals surface area contributed by atoms with E-state index in [1.54, 1.807) is 11.3 Å².